The second-order valence-electron chi connectivity index (χ2n) is 7.67. The van der Waals surface area contributed by atoms with Gasteiger partial charge in [0.1, 0.15) is 12.4 Å². The molecule has 162 valence electrons. The molecule has 2 heterocycles. The van der Waals surface area contributed by atoms with Crippen molar-refractivity contribution in [1.29, 1.82) is 0 Å². The highest BCUT2D eigenvalue weighted by molar-refractivity contribution is 6.00. The van der Waals surface area contributed by atoms with Crippen molar-refractivity contribution in [3.05, 3.63) is 59.7 Å². The monoisotopic (exact) mass is 423 g/mol. The second-order valence-corrected chi connectivity index (χ2v) is 7.67. The number of benzene rings is 2. The molecule has 4 rings (SSSR count). The number of amides is 1. The van der Waals surface area contributed by atoms with Crippen LogP contribution in [0.2, 0.25) is 0 Å². The lowest BCUT2D eigenvalue weighted by atomic mass is 10.1. The molecule has 0 bridgehead atoms. The van der Waals surface area contributed by atoms with Gasteiger partial charge in [-0.2, -0.15) is 0 Å². The first kappa shape index (κ1) is 21.1. The minimum atomic E-state index is -0.571. The summed E-state index contributed by atoms with van der Waals surface area (Å²) in [7, 11) is 0. The largest absolute Gasteiger partial charge is 0.491 e. The average molecular weight is 423 g/mol. The van der Waals surface area contributed by atoms with Gasteiger partial charge >= 0.3 is 5.97 Å². The molecule has 0 radical (unpaired) electrons. The van der Waals surface area contributed by atoms with E-state index >= 15 is 0 Å². The fourth-order valence-electron chi connectivity index (χ4n) is 3.70. The third-order valence-electron chi connectivity index (χ3n) is 5.46. The Morgan fingerprint density at radius 3 is 2.39 bits per heavy atom. The van der Waals surface area contributed by atoms with Gasteiger partial charge in [0.15, 0.2) is 12.4 Å². The van der Waals surface area contributed by atoms with Crippen molar-refractivity contribution < 1.29 is 28.6 Å². The summed E-state index contributed by atoms with van der Waals surface area (Å²) in [5.74, 6) is -0.126. The van der Waals surface area contributed by atoms with Crippen molar-refractivity contribution in [2.45, 2.75) is 31.8 Å². The van der Waals surface area contributed by atoms with Crippen LogP contribution in [0.4, 0.5) is 5.69 Å². The first-order valence-electron chi connectivity index (χ1n) is 10.6. The second kappa shape index (κ2) is 9.75. The molecule has 0 spiro atoms. The van der Waals surface area contributed by atoms with Gasteiger partial charge in [-0.15, -0.1) is 0 Å². The lowest BCUT2D eigenvalue weighted by Crippen LogP contribution is -2.23. The molecule has 0 saturated carbocycles. The van der Waals surface area contributed by atoms with Gasteiger partial charge in [0.25, 0.3) is 0 Å². The maximum atomic E-state index is 12.4. The minimum absolute atomic E-state index is 0.0938. The van der Waals surface area contributed by atoms with Crippen molar-refractivity contribution in [2.75, 3.05) is 31.3 Å². The zero-order chi connectivity index (χ0) is 21.6. The molecule has 2 aliphatic rings. The molecular weight excluding hydrogens is 398 g/mol. The number of nitrogens with zero attached hydrogens (tertiary/aromatic N) is 1. The maximum Gasteiger partial charge on any atom is 0.338 e. The van der Waals surface area contributed by atoms with Gasteiger partial charge in [0.2, 0.25) is 5.91 Å². The van der Waals surface area contributed by atoms with Crippen molar-refractivity contribution in [2.24, 2.45) is 0 Å². The Balaban J connectivity index is 1.25. The van der Waals surface area contributed by atoms with Crippen LogP contribution in [0, 0.1) is 0 Å². The number of carbonyl (C=O) groups excluding carboxylic acids is 3. The maximum absolute atomic E-state index is 12.4. The lowest BCUT2D eigenvalue weighted by Gasteiger charge is -2.15. The van der Waals surface area contributed by atoms with E-state index in [0.29, 0.717) is 36.4 Å². The van der Waals surface area contributed by atoms with Gasteiger partial charge in [-0.05, 0) is 67.8 Å². The smallest absolute Gasteiger partial charge is 0.338 e. The fourth-order valence-corrected chi connectivity index (χ4v) is 3.70. The molecule has 7 nitrogen and oxygen atoms in total. The predicted molar refractivity (Wildman–Crippen MR) is 114 cm³/mol. The van der Waals surface area contributed by atoms with Gasteiger partial charge in [-0.3, -0.25) is 9.59 Å². The average Bonchev–Trinajstić information content (AvgIpc) is 3.48. The summed E-state index contributed by atoms with van der Waals surface area (Å²) in [6, 6.07) is 13.4. The molecule has 7 heteroatoms. The van der Waals surface area contributed by atoms with Crippen LogP contribution in [0.15, 0.2) is 48.5 Å². The summed E-state index contributed by atoms with van der Waals surface area (Å²) in [4.78, 5) is 38.1. The van der Waals surface area contributed by atoms with Crippen LogP contribution >= 0.6 is 0 Å². The van der Waals surface area contributed by atoms with Crippen LogP contribution in [0.1, 0.15) is 46.4 Å². The summed E-state index contributed by atoms with van der Waals surface area (Å²) < 4.78 is 16.4. The summed E-state index contributed by atoms with van der Waals surface area (Å²) in [6.07, 6.45) is 3.58. The highest BCUT2D eigenvalue weighted by Gasteiger charge is 2.22. The zero-order valence-corrected chi connectivity index (χ0v) is 17.2. The van der Waals surface area contributed by atoms with E-state index in [9.17, 15) is 14.4 Å². The Morgan fingerprint density at radius 2 is 1.74 bits per heavy atom. The molecule has 2 fully saturated rings. The fraction of sp³-hybridized carbons (Fsp3) is 0.375. The zero-order valence-electron chi connectivity index (χ0n) is 17.2. The van der Waals surface area contributed by atoms with Gasteiger partial charge in [-0.1, -0.05) is 0 Å². The standard InChI is InChI=1S/C24H25NO6/c26-22(17-5-9-19(10-6-17)25-13-1-4-23(25)27)16-31-24(28)18-7-11-20(12-8-18)30-15-21-3-2-14-29-21/h5-12,21H,1-4,13-16H2. The summed E-state index contributed by atoms with van der Waals surface area (Å²) in [5, 5.41) is 0. The van der Waals surface area contributed by atoms with E-state index in [1.54, 1.807) is 53.4 Å². The molecule has 0 aliphatic carbocycles. The molecule has 2 saturated heterocycles. The van der Waals surface area contributed by atoms with Gasteiger partial charge in [0.05, 0.1) is 11.7 Å². The van der Waals surface area contributed by atoms with Gasteiger partial charge in [-0.25, -0.2) is 4.79 Å². The number of carbonyl (C=O) groups is 3. The Hall–Kier alpha value is -3.19. The van der Waals surface area contributed by atoms with E-state index in [-0.39, 0.29) is 24.4 Å². The van der Waals surface area contributed by atoms with Crippen LogP contribution in [0.3, 0.4) is 0 Å². The molecular formula is C24H25NO6. The highest BCUT2D eigenvalue weighted by atomic mass is 16.5. The van der Waals surface area contributed by atoms with Crippen molar-refractivity contribution in [1.82, 2.24) is 0 Å². The number of esters is 1. The summed E-state index contributed by atoms with van der Waals surface area (Å²) >= 11 is 0. The van der Waals surface area contributed by atoms with E-state index in [1.165, 1.54) is 0 Å². The van der Waals surface area contributed by atoms with Gasteiger partial charge in [0, 0.05) is 30.8 Å². The number of hydrogen-bond acceptors (Lipinski definition) is 6. The number of rotatable bonds is 8. The van der Waals surface area contributed by atoms with E-state index in [2.05, 4.69) is 0 Å². The number of Topliss-reactive ketones (excluding diaryl/α,β-unsaturated/α-hetero) is 1. The topological polar surface area (TPSA) is 82.1 Å². The molecule has 2 aromatic carbocycles. The lowest BCUT2D eigenvalue weighted by molar-refractivity contribution is -0.117. The number of ether oxygens (including phenoxy) is 3. The number of anilines is 1. The minimum Gasteiger partial charge on any atom is -0.491 e. The molecule has 1 atom stereocenters. The molecule has 0 N–H and O–H groups in total. The Morgan fingerprint density at radius 1 is 1.00 bits per heavy atom. The quantitative estimate of drug-likeness (QED) is 0.478. The summed E-state index contributed by atoms with van der Waals surface area (Å²) in [6.45, 7) is 1.61. The van der Waals surface area contributed by atoms with Crippen LogP contribution in [0.5, 0.6) is 5.75 Å². The number of ketones is 1. The molecule has 1 amide bonds. The molecule has 31 heavy (non-hydrogen) atoms. The van der Waals surface area contributed by atoms with Crippen molar-refractivity contribution >= 4 is 23.3 Å². The first-order valence-corrected chi connectivity index (χ1v) is 10.6. The van der Waals surface area contributed by atoms with Crippen molar-refractivity contribution in [3.63, 3.8) is 0 Å². The van der Waals surface area contributed by atoms with Crippen LogP contribution in [-0.4, -0.2) is 50.1 Å². The molecule has 0 aromatic heterocycles. The predicted octanol–water partition coefficient (Wildman–Crippen LogP) is 3.41. The Bertz CT molecular complexity index is 932. The van der Waals surface area contributed by atoms with Crippen LogP contribution in [0.25, 0.3) is 0 Å². The third-order valence-corrected chi connectivity index (χ3v) is 5.46. The summed E-state index contributed by atoms with van der Waals surface area (Å²) in [5.41, 5.74) is 1.55. The van der Waals surface area contributed by atoms with E-state index in [0.717, 1.165) is 31.6 Å². The highest BCUT2D eigenvalue weighted by Crippen LogP contribution is 2.22. The molecule has 1 unspecified atom stereocenters. The van der Waals surface area contributed by atoms with E-state index in [4.69, 9.17) is 14.2 Å². The van der Waals surface area contributed by atoms with E-state index < -0.39 is 5.97 Å². The normalized spacial score (nSPS) is 18.3. The van der Waals surface area contributed by atoms with Gasteiger partial charge < -0.3 is 19.1 Å². The molecule has 2 aromatic rings. The first-order chi connectivity index (χ1) is 15.1. The van der Waals surface area contributed by atoms with Crippen LogP contribution < -0.4 is 9.64 Å². The van der Waals surface area contributed by atoms with Crippen molar-refractivity contribution in [3.8, 4) is 5.75 Å². The van der Waals surface area contributed by atoms with Crippen LogP contribution in [-0.2, 0) is 14.3 Å². The Kier molecular flexibility index (Phi) is 6.62. The Labute approximate surface area is 180 Å². The SMILES string of the molecule is O=C(COC(=O)c1ccc(OCC2CCCO2)cc1)c1ccc(N2CCCC2=O)cc1. The number of hydrogen-bond donors (Lipinski definition) is 0. The van der Waals surface area contributed by atoms with E-state index in [1.807, 2.05) is 0 Å². The molecule has 2 aliphatic heterocycles. The third kappa shape index (κ3) is 5.30.